The van der Waals surface area contributed by atoms with E-state index >= 15 is 0 Å². The number of amides is 1. The van der Waals surface area contributed by atoms with E-state index in [2.05, 4.69) is 20.4 Å². The van der Waals surface area contributed by atoms with Gasteiger partial charge in [0.15, 0.2) is 11.6 Å². The SMILES string of the molecule is O=C(c1ccccc1)[C@H]1CCCN(C(=O)CCn2nnnc2CN2CCOCC2)C1. The monoisotopic (exact) mass is 412 g/mol. The maximum absolute atomic E-state index is 12.8. The number of benzene rings is 1. The molecule has 160 valence electrons. The molecule has 0 N–H and O–H groups in total. The Kier molecular flexibility index (Phi) is 6.81. The van der Waals surface area contributed by atoms with Gasteiger partial charge in [0.1, 0.15) is 0 Å². The summed E-state index contributed by atoms with van der Waals surface area (Å²) in [6.07, 6.45) is 2.00. The van der Waals surface area contributed by atoms with Gasteiger partial charge in [-0.15, -0.1) is 5.10 Å². The fourth-order valence-corrected chi connectivity index (χ4v) is 4.08. The van der Waals surface area contributed by atoms with Gasteiger partial charge < -0.3 is 9.64 Å². The molecule has 0 spiro atoms. The van der Waals surface area contributed by atoms with Gasteiger partial charge in [-0.2, -0.15) is 0 Å². The lowest BCUT2D eigenvalue weighted by atomic mass is 9.90. The molecule has 1 atom stereocenters. The van der Waals surface area contributed by atoms with Gasteiger partial charge in [0.25, 0.3) is 0 Å². The van der Waals surface area contributed by atoms with Gasteiger partial charge >= 0.3 is 0 Å². The number of hydrogen-bond donors (Lipinski definition) is 0. The maximum Gasteiger partial charge on any atom is 0.224 e. The van der Waals surface area contributed by atoms with Crippen LogP contribution in [0.1, 0.15) is 35.4 Å². The molecule has 0 radical (unpaired) electrons. The summed E-state index contributed by atoms with van der Waals surface area (Å²) in [6.45, 7) is 5.44. The van der Waals surface area contributed by atoms with Crippen LogP contribution in [0, 0.1) is 5.92 Å². The molecule has 30 heavy (non-hydrogen) atoms. The van der Waals surface area contributed by atoms with Crippen LogP contribution in [0.3, 0.4) is 0 Å². The molecule has 3 heterocycles. The lowest BCUT2D eigenvalue weighted by molar-refractivity contribution is -0.132. The van der Waals surface area contributed by atoms with Crippen molar-refractivity contribution in [2.45, 2.75) is 32.4 Å². The average molecular weight is 412 g/mol. The van der Waals surface area contributed by atoms with Crippen molar-refractivity contribution < 1.29 is 14.3 Å². The van der Waals surface area contributed by atoms with Crippen LogP contribution in [0.2, 0.25) is 0 Å². The molecule has 2 aliphatic rings. The second kappa shape index (κ2) is 9.90. The van der Waals surface area contributed by atoms with Gasteiger partial charge in [-0.05, 0) is 23.3 Å². The molecule has 2 fully saturated rings. The number of nitrogens with zero attached hydrogens (tertiary/aromatic N) is 6. The van der Waals surface area contributed by atoms with E-state index in [1.165, 1.54) is 0 Å². The van der Waals surface area contributed by atoms with E-state index in [-0.39, 0.29) is 17.6 Å². The summed E-state index contributed by atoms with van der Waals surface area (Å²) in [5.41, 5.74) is 0.721. The van der Waals surface area contributed by atoms with Gasteiger partial charge in [0.05, 0.1) is 26.3 Å². The van der Waals surface area contributed by atoms with Crippen LogP contribution in [-0.2, 0) is 22.6 Å². The van der Waals surface area contributed by atoms with Crippen molar-refractivity contribution in [2.75, 3.05) is 39.4 Å². The third-order valence-corrected chi connectivity index (χ3v) is 5.82. The van der Waals surface area contributed by atoms with E-state index in [0.717, 1.165) is 50.5 Å². The number of ether oxygens (including phenoxy) is 1. The number of rotatable bonds is 7. The highest BCUT2D eigenvalue weighted by Gasteiger charge is 2.29. The van der Waals surface area contributed by atoms with Crippen LogP contribution in [-0.4, -0.2) is 81.1 Å². The van der Waals surface area contributed by atoms with E-state index in [1.54, 1.807) is 4.68 Å². The Bertz CT molecular complexity index is 849. The number of carbonyl (C=O) groups is 2. The molecule has 2 saturated heterocycles. The zero-order valence-corrected chi connectivity index (χ0v) is 17.2. The number of aromatic nitrogens is 4. The molecule has 4 rings (SSSR count). The van der Waals surface area contributed by atoms with Crippen molar-refractivity contribution in [2.24, 2.45) is 5.92 Å². The fourth-order valence-electron chi connectivity index (χ4n) is 4.08. The summed E-state index contributed by atoms with van der Waals surface area (Å²) >= 11 is 0. The molecule has 0 unspecified atom stereocenters. The number of tetrazole rings is 1. The Balaban J connectivity index is 1.30. The highest BCUT2D eigenvalue weighted by Crippen LogP contribution is 2.21. The standard InChI is InChI=1S/C21H28N6O3/c28-20(8-10-27-19(22-23-24-27)16-25-11-13-30-14-12-25)26-9-4-7-18(15-26)21(29)17-5-2-1-3-6-17/h1-3,5-6,18H,4,7-16H2/t18-/m0/s1. The molecule has 2 aromatic rings. The van der Waals surface area contributed by atoms with Gasteiger partial charge in [0.2, 0.25) is 5.91 Å². The zero-order valence-electron chi connectivity index (χ0n) is 17.2. The minimum absolute atomic E-state index is 0.0494. The van der Waals surface area contributed by atoms with Crippen molar-refractivity contribution in [1.82, 2.24) is 30.0 Å². The Morgan fingerprint density at radius 1 is 1.10 bits per heavy atom. The van der Waals surface area contributed by atoms with Gasteiger partial charge in [-0.3, -0.25) is 14.5 Å². The quantitative estimate of drug-likeness (QED) is 0.627. The number of hydrogen-bond acceptors (Lipinski definition) is 7. The third kappa shape index (κ3) is 5.09. The maximum atomic E-state index is 12.8. The summed E-state index contributed by atoms with van der Waals surface area (Å²) in [6, 6.07) is 9.34. The van der Waals surface area contributed by atoms with Gasteiger partial charge in [0, 0.05) is 44.1 Å². The molecule has 0 aliphatic carbocycles. The molecule has 1 amide bonds. The molecule has 9 nitrogen and oxygen atoms in total. The lowest BCUT2D eigenvalue weighted by Gasteiger charge is -2.32. The number of Topliss-reactive ketones (excluding diaryl/α,β-unsaturated/α-hetero) is 1. The predicted molar refractivity (Wildman–Crippen MR) is 109 cm³/mol. The smallest absolute Gasteiger partial charge is 0.224 e. The van der Waals surface area contributed by atoms with Crippen LogP contribution in [0.15, 0.2) is 30.3 Å². The summed E-state index contributed by atoms with van der Waals surface area (Å²) in [4.78, 5) is 29.6. The summed E-state index contributed by atoms with van der Waals surface area (Å²) in [5, 5.41) is 12.0. The first-order chi connectivity index (χ1) is 14.7. The van der Waals surface area contributed by atoms with Crippen LogP contribution in [0.25, 0.3) is 0 Å². The first kappa shape index (κ1) is 20.6. The number of piperidine rings is 1. The average Bonchev–Trinajstić information content (AvgIpc) is 3.25. The first-order valence-electron chi connectivity index (χ1n) is 10.6. The number of morpholine rings is 1. The number of carbonyl (C=O) groups excluding carboxylic acids is 2. The normalized spacial score (nSPS) is 20.3. The third-order valence-electron chi connectivity index (χ3n) is 5.82. The Morgan fingerprint density at radius 3 is 2.70 bits per heavy atom. The minimum atomic E-state index is -0.130. The molecule has 9 heteroatoms. The summed E-state index contributed by atoms with van der Waals surface area (Å²) in [5.74, 6) is 0.810. The number of aryl methyl sites for hydroxylation is 1. The summed E-state index contributed by atoms with van der Waals surface area (Å²) < 4.78 is 7.09. The molecular weight excluding hydrogens is 384 g/mol. The van der Waals surface area contributed by atoms with Crippen molar-refractivity contribution in [1.29, 1.82) is 0 Å². The van der Waals surface area contributed by atoms with E-state index in [4.69, 9.17) is 4.74 Å². The topological polar surface area (TPSA) is 93.5 Å². The highest BCUT2D eigenvalue weighted by atomic mass is 16.5. The fraction of sp³-hybridized carbons (Fsp3) is 0.571. The molecule has 1 aromatic carbocycles. The number of ketones is 1. The van der Waals surface area contributed by atoms with Crippen LogP contribution < -0.4 is 0 Å². The van der Waals surface area contributed by atoms with Crippen molar-refractivity contribution in [3.63, 3.8) is 0 Å². The second-order valence-electron chi connectivity index (χ2n) is 7.87. The Hall–Kier alpha value is -2.65. The van der Waals surface area contributed by atoms with Crippen molar-refractivity contribution in [3.8, 4) is 0 Å². The minimum Gasteiger partial charge on any atom is -0.379 e. The zero-order chi connectivity index (χ0) is 20.8. The van der Waals surface area contributed by atoms with E-state index in [0.29, 0.717) is 32.6 Å². The first-order valence-corrected chi connectivity index (χ1v) is 10.6. The van der Waals surface area contributed by atoms with Crippen LogP contribution in [0.5, 0.6) is 0 Å². The highest BCUT2D eigenvalue weighted by molar-refractivity contribution is 5.98. The second-order valence-corrected chi connectivity index (χ2v) is 7.87. The molecule has 1 aromatic heterocycles. The lowest BCUT2D eigenvalue weighted by Crippen LogP contribution is -2.42. The van der Waals surface area contributed by atoms with Crippen LogP contribution in [0.4, 0.5) is 0 Å². The van der Waals surface area contributed by atoms with Gasteiger partial charge in [-0.1, -0.05) is 30.3 Å². The Labute approximate surface area is 176 Å². The molecular formula is C21H28N6O3. The largest absolute Gasteiger partial charge is 0.379 e. The van der Waals surface area contributed by atoms with Gasteiger partial charge in [-0.25, -0.2) is 4.68 Å². The van der Waals surface area contributed by atoms with Crippen molar-refractivity contribution in [3.05, 3.63) is 41.7 Å². The van der Waals surface area contributed by atoms with E-state index in [1.807, 2.05) is 35.2 Å². The summed E-state index contributed by atoms with van der Waals surface area (Å²) in [7, 11) is 0. The number of likely N-dealkylation sites (tertiary alicyclic amines) is 1. The molecule has 0 bridgehead atoms. The molecule has 2 aliphatic heterocycles. The molecule has 0 saturated carbocycles. The Morgan fingerprint density at radius 2 is 1.90 bits per heavy atom. The predicted octanol–water partition coefficient (Wildman–Crippen LogP) is 1.02. The van der Waals surface area contributed by atoms with E-state index in [9.17, 15) is 9.59 Å². The van der Waals surface area contributed by atoms with Crippen molar-refractivity contribution >= 4 is 11.7 Å². The van der Waals surface area contributed by atoms with E-state index < -0.39 is 0 Å². The van der Waals surface area contributed by atoms with Crippen LogP contribution >= 0.6 is 0 Å².